The molecule has 1 amide bonds. The first-order chi connectivity index (χ1) is 7.63. The number of nitrogens with two attached hydrogens (primary N) is 1. The predicted molar refractivity (Wildman–Crippen MR) is 63.9 cm³/mol. The van der Waals surface area contributed by atoms with Crippen LogP contribution in [0.2, 0.25) is 0 Å². The van der Waals surface area contributed by atoms with Crippen molar-refractivity contribution < 1.29 is 9.90 Å². The lowest BCUT2D eigenvalue weighted by atomic mass is 9.71. The molecule has 0 atom stereocenters. The average Bonchev–Trinajstić information content (AvgIpc) is 2.30. The van der Waals surface area contributed by atoms with E-state index in [9.17, 15) is 4.79 Å². The van der Waals surface area contributed by atoms with E-state index >= 15 is 0 Å². The number of amides is 1. The zero-order valence-electron chi connectivity index (χ0n) is 10.2. The molecule has 0 spiro atoms. The molecule has 1 fully saturated rings. The highest BCUT2D eigenvalue weighted by atomic mass is 16.3. The molecule has 0 unspecified atom stereocenters. The number of hydrogen-bond acceptors (Lipinski definition) is 3. The summed E-state index contributed by atoms with van der Waals surface area (Å²) in [5, 5.41) is 8.79. The third-order valence-electron chi connectivity index (χ3n) is 3.73. The summed E-state index contributed by atoms with van der Waals surface area (Å²) in [6.07, 6.45) is 6.33. The van der Waals surface area contributed by atoms with Gasteiger partial charge in [0.1, 0.15) is 0 Å². The number of hydrogen-bond donors (Lipinski definition) is 2. The van der Waals surface area contributed by atoms with Gasteiger partial charge in [-0.1, -0.05) is 19.3 Å². The lowest BCUT2D eigenvalue weighted by Crippen LogP contribution is -2.40. The smallest absolute Gasteiger partial charge is 0.222 e. The molecular formula is C12H24N2O2. The van der Waals surface area contributed by atoms with Crippen LogP contribution >= 0.6 is 0 Å². The molecule has 1 aliphatic rings. The summed E-state index contributed by atoms with van der Waals surface area (Å²) in [5.41, 5.74) is 5.87. The Kier molecular flexibility index (Phi) is 5.22. The van der Waals surface area contributed by atoms with Crippen LogP contribution in [0.1, 0.15) is 38.5 Å². The lowest BCUT2D eigenvalue weighted by Gasteiger charge is -2.36. The molecular weight excluding hydrogens is 204 g/mol. The first-order valence-electron chi connectivity index (χ1n) is 6.18. The van der Waals surface area contributed by atoms with Gasteiger partial charge in [-0.25, -0.2) is 0 Å². The van der Waals surface area contributed by atoms with Crippen LogP contribution in [0.4, 0.5) is 0 Å². The molecule has 1 aliphatic carbocycles. The normalized spacial score (nSPS) is 19.4. The largest absolute Gasteiger partial charge is 0.395 e. The van der Waals surface area contributed by atoms with Crippen molar-refractivity contribution >= 4 is 5.91 Å². The Balaban J connectivity index is 2.51. The summed E-state index contributed by atoms with van der Waals surface area (Å²) in [5.74, 6) is 0.112. The minimum absolute atomic E-state index is 0.0257. The maximum absolute atomic E-state index is 11.9. The highest BCUT2D eigenvalue weighted by molar-refractivity contribution is 5.76. The van der Waals surface area contributed by atoms with E-state index in [1.807, 2.05) is 0 Å². The molecule has 0 saturated heterocycles. The number of carbonyl (C=O) groups excluding carboxylic acids is 1. The Morgan fingerprint density at radius 1 is 1.38 bits per heavy atom. The molecule has 0 aromatic heterocycles. The SMILES string of the molecule is CN(CCO)C(=O)CC1(CN)CCCCC1. The summed E-state index contributed by atoms with van der Waals surface area (Å²) >= 11 is 0. The van der Waals surface area contributed by atoms with Crippen molar-refractivity contribution in [1.82, 2.24) is 4.90 Å². The van der Waals surface area contributed by atoms with Gasteiger partial charge in [0.15, 0.2) is 0 Å². The highest BCUT2D eigenvalue weighted by Gasteiger charge is 2.33. The molecule has 0 bridgehead atoms. The predicted octanol–water partition coefficient (Wildman–Crippen LogP) is 0.736. The molecule has 16 heavy (non-hydrogen) atoms. The lowest BCUT2D eigenvalue weighted by molar-refractivity contribution is -0.133. The molecule has 1 rings (SSSR count). The van der Waals surface area contributed by atoms with Gasteiger partial charge >= 0.3 is 0 Å². The van der Waals surface area contributed by atoms with Crippen LogP contribution in [0.3, 0.4) is 0 Å². The van der Waals surface area contributed by atoms with Crippen LogP contribution in [0, 0.1) is 5.41 Å². The van der Waals surface area contributed by atoms with Gasteiger partial charge in [0.25, 0.3) is 0 Å². The van der Waals surface area contributed by atoms with E-state index in [0.717, 1.165) is 12.8 Å². The Morgan fingerprint density at radius 2 is 2.00 bits per heavy atom. The Hall–Kier alpha value is -0.610. The number of aliphatic hydroxyl groups excluding tert-OH is 1. The fourth-order valence-corrected chi connectivity index (χ4v) is 2.49. The zero-order valence-corrected chi connectivity index (χ0v) is 10.2. The summed E-state index contributed by atoms with van der Waals surface area (Å²) < 4.78 is 0. The topological polar surface area (TPSA) is 66.6 Å². The van der Waals surface area contributed by atoms with Crippen LogP contribution in [-0.2, 0) is 4.79 Å². The van der Waals surface area contributed by atoms with Crippen LogP contribution in [0.5, 0.6) is 0 Å². The van der Waals surface area contributed by atoms with E-state index in [4.69, 9.17) is 10.8 Å². The third-order valence-corrected chi connectivity index (χ3v) is 3.73. The molecule has 0 heterocycles. The monoisotopic (exact) mass is 228 g/mol. The van der Waals surface area contributed by atoms with Crippen LogP contribution in [0.15, 0.2) is 0 Å². The van der Waals surface area contributed by atoms with Crippen molar-refractivity contribution in [2.24, 2.45) is 11.1 Å². The number of rotatable bonds is 5. The van der Waals surface area contributed by atoms with Gasteiger partial charge in [0.05, 0.1) is 6.61 Å². The zero-order chi connectivity index (χ0) is 12.0. The fraction of sp³-hybridized carbons (Fsp3) is 0.917. The van der Waals surface area contributed by atoms with Gasteiger partial charge < -0.3 is 15.7 Å². The van der Waals surface area contributed by atoms with Crippen molar-refractivity contribution in [2.45, 2.75) is 38.5 Å². The second kappa shape index (κ2) is 6.21. The molecule has 0 radical (unpaired) electrons. The molecule has 1 saturated carbocycles. The van der Waals surface area contributed by atoms with E-state index in [2.05, 4.69) is 0 Å². The second-order valence-corrected chi connectivity index (χ2v) is 4.98. The first kappa shape index (κ1) is 13.5. The van der Waals surface area contributed by atoms with Crippen molar-refractivity contribution in [3.8, 4) is 0 Å². The van der Waals surface area contributed by atoms with Gasteiger partial charge in [-0.3, -0.25) is 4.79 Å². The van der Waals surface area contributed by atoms with E-state index < -0.39 is 0 Å². The summed E-state index contributed by atoms with van der Waals surface area (Å²) in [7, 11) is 1.74. The molecule has 0 aliphatic heterocycles. The number of likely N-dealkylation sites (N-methyl/N-ethyl adjacent to an activating group) is 1. The Labute approximate surface area is 97.8 Å². The quantitative estimate of drug-likeness (QED) is 0.729. The maximum atomic E-state index is 11.9. The second-order valence-electron chi connectivity index (χ2n) is 4.98. The van der Waals surface area contributed by atoms with E-state index in [-0.39, 0.29) is 17.9 Å². The van der Waals surface area contributed by atoms with Gasteiger partial charge in [0.2, 0.25) is 5.91 Å². The number of carbonyl (C=O) groups is 1. The van der Waals surface area contributed by atoms with Crippen molar-refractivity contribution in [2.75, 3.05) is 26.7 Å². The fourth-order valence-electron chi connectivity index (χ4n) is 2.49. The molecule has 4 heteroatoms. The van der Waals surface area contributed by atoms with E-state index in [0.29, 0.717) is 19.5 Å². The van der Waals surface area contributed by atoms with Gasteiger partial charge in [-0.05, 0) is 24.8 Å². The Morgan fingerprint density at radius 3 is 2.50 bits per heavy atom. The van der Waals surface area contributed by atoms with Crippen LogP contribution in [0.25, 0.3) is 0 Å². The molecule has 94 valence electrons. The number of nitrogens with zero attached hydrogens (tertiary/aromatic N) is 1. The summed E-state index contributed by atoms with van der Waals surface area (Å²) in [4.78, 5) is 13.5. The van der Waals surface area contributed by atoms with Gasteiger partial charge in [-0.15, -0.1) is 0 Å². The highest BCUT2D eigenvalue weighted by Crippen LogP contribution is 2.38. The van der Waals surface area contributed by atoms with E-state index in [1.165, 1.54) is 19.3 Å². The minimum atomic E-state index is 0.0257. The van der Waals surface area contributed by atoms with Gasteiger partial charge in [0, 0.05) is 20.0 Å². The van der Waals surface area contributed by atoms with Crippen molar-refractivity contribution in [1.29, 1.82) is 0 Å². The minimum Gasteiger partial charge on any atom is -0.395 e. The van der Waals surface area contributed by atoms with Crippen LogP contribution in [-0.4, -0.2) is 42.7 Å². The van der Waals surface area contributed by atoms with Crippen LogP contribution < -0.4 is 5.73 Å². The van der Waals surface area contributed by atoms with Crippen molar-refractivity contribution in [3.63, 3.8) is 0 Å². The van der Waals surface area contributed by atoms with Crippen molar-refractivity contribution in [3.05, 3.63) is 0 Å². The standard InChI is InChI=1S/C12H24N2O2/c1-14(7-8-15)11(16)9-12(10-13)5-3-2-4-6-12/h15H,2-10,13H2,1H3. The summed E-state index contributed by atoms with van der Waals surface area (Å²) in [6, 6.07) is 0. The molecule has 0 aromatic rings. The first-order valence-corrected chi connectivity index (χ1v) is 6.18. The molecule has 0 aromatic carbocycles. The molecule has 4 nitrogen and oxygen atoms in total. The Bertz CT molecular complexity index is 225. The maximum Gasteiger partial charge on any atom is 0.222 e. The average molecular weight is 228 g/mol. The summed E-state index contributed by atoms with van der Waals surface area (Å²) in [6.45, 7) is 1.04. The van der Waals surface area contributed by atoms with E-state index in [1.54, 1.807) is 11.9 Å². The molecule has 3 N–H and O–H groups in total. The third kappa shape index (κ3) is 3.46. The van der Waals surface area contributed by atoms with Gasteiger partial charge in [-0.2, -0.15) is 0 Å². The number of aliphatic hydroxyl groups is 1.